The predicted octanol–water partition coefficient (Wildman–Crippen LogP) is 3.25. The van der Waals surface area contributed by atoms with Gasteiger partial charge in [-0.3, -0.25) is 4.68 Å². The van der Waals surface area contributed by atoms with Crippen LogP contribution in [0.4, 0.5) is 0 Å². The molecule has 3 aromatic rings. The number of nitrogens with one attached hydrogen (secondary N) is 1. The summed E-state index contributed by atoms with van der Waals surface area (Å²) >= 11 is 0. The Balaban J connectivity index is 0.00000256. The molecule has 0 bridgehead atoms. The molecule has 1 fully saturated rings. The van der Waals surface area contributed by atoms with Crippen LogP contribution >= 0.6 is 24.0 Å². The Hall–Kier alpha value is -2.36. The van der Waals surface area contributed by atoms with Gasteiger partial charge in [0.2, 0.25) is 0 Å². The van der Waals surface area contributed by atoms with Crippen LogP contribution in [-0.2, 0) is 20.0 Å². The molecule has 1 unspecified atom stereocenters. The number of rotatable bonds is 6. The lowest BCUT2D eigenvalue weighted by Gasteiger charge is -2.21. The first kappa shape index (κ1) is 22.3. The van der Waals surface area contributed by atoms with Gasteiger partial charge in [0.05, 0.1) is 18.4 Å². The van der Waals surface area contributed by atoms with E-state index in [1.807, 2.05) is 34.9 Å². The molecule has 1 aromatic carbocycles. The average molecular weight is 519 g/mol. The summed E-state index contributed by atoms with van der Waals surface area (Å²) in [5.41, 5.74) is 3.56. The summed E-state index contributed by atoms with van der Waals surface area (Å²) in [6.45, 7) is 5.73. The molecule has 1 saturated heterocycles. The number of halogens is 1. The van der Waals surface area contributed by atoms with Gasteiger partial charge in [-0.15, -0.1) is 24.0 Å². The van der Waals surface area contributed by atoms with Gasteiger partial charge in [0.1, 0.15) is 0 Å². The lowest BCUT2D eigenvalue weighted by Crippen LogP contribution is -2.40. The smallest absolute Gasteiger partial charge is 0.194 e. The highest BCUT2D eigenvalue weighted by Crippen LogP contribution is 2.21. The molecule has 160 valence electrons. The molecule has 30 heavy (non-hydrogen) atoms. The Labute approximate surface area is 195 Å². The van der Waals surface area contributed by atoms with E-state index in [1.54, 1.807) is 6.20 Å². The average Bonchev–Trinajstić information content (AvgIpc) is 3.48. The number of aliphatic imine (C=N–C) groups is 1. The molecular weight excluding hydrogens is 489 g/mol. The van der Waals surface area contributed by atoms with Crippen LogP contribution in [0.1, 0.15) is 24.5 Å². The monoisotopic (exact) mass is 519 g/mol. The second kappa shape index (κ2) is 10.6. The summed E-state index contributed by atoms with van der Waals surface area (Å²) in [5, 5.41) is 12.1. The third kappa shape index (κ3) is 5.62. The molecule has 1 atom stereocenters. The van der Waals surface area contributed by atoms with Gasteiger partial charge in [-0.25, -0.2) is 9.67 Å². The molecule has 2 aromatic heterocycles. The first-order valence-electron chi connectivity index (χ1n) is 10.3. The number of benzene rings is 1. The van der Waals surface area contributed by atoms with E-state index >= 15 is 0 Å². The van der Waals surface area contributed by atoms with Crippen molar-refractivity contribution in [1.29, 1.82) is 0 Å². The van der Waals surface area contributed by atoms with E-state index in [-0.39, 0.29) is 24.0 Å². The van der Waals surface area contributed by atoms with Gasteiger partial charge >= 0.3 is 0 Å². The molecule has 0 spiro atoms. The van der Waals surface area contributed by atoms with E-state index in [0.717, 1.165) is 37.7 Å². The van der Waals surface area contributed by atoms with Crippen LogP contribution in [0.3, 0.4) is 0 Å². The van der Waals surface area contributed by atoms with E-state index in [9.17, 15) is 0 Å². The number of guanidine groups is 1. The van der Waals surface area contributed by atoms with Gasteiger partial charge < -0.3 is 10.2 Å². The number of likely N-dealkylation sites (tertiary alicyclic amines) is 1. The molecule has 1 aliphatic rings. The molecule has 4 rings (SSSR count). The zero-order valence-corrected chi connectivity index (χ0v) is 19.9. The number of aryl methyl sites for hydroxylation is 1. The zero-order valence-electron chi connectivity index (χ0n) is 17.6. The predicted molar refractivity (Wildman–Crippen MR) is 130 cm³/mol. The maximum absolute atomic E-state index is 4.92. The van der Waals surface area contributed by atoms with Crippen LogP contribution in [0.5, 0.6) is 0 Å². The minimum atomic E-state index is 0. The quantitative estimate of drug-likeness (QED) is 0.309. The largest absolute Gasteiger partial charge is 0.357 e. The van der Waals surface area contributed by atoms with Crippen molar-refractivity contribution in [2.24, 2.45) is 18.0 Å². The summed E-state index contributed by atoms with van der Waals surface area (Å²) in [4.78, 5) is 7.31. The molecule has 1 aliphatic heterocycles. The van der Waals surface area contributed by atoms with Crippen molar-refractivity contribution in [3.8, 4) is 5.69 Å². The minimum Gasteiger partial charge on any atom is -0.357 e. The summed E-state index contributed by atoms with van der Waals surface area (Å²) in [6.07, 6.45) is 10.1. The minimum absolute atomic E-state index is 0. The second-order valence-electron chi connectivity index (χ2n) is 7.62. The molecule has 0 aliphatic carbocycles. The summed E-state index contributed by atoms with van der Waals surface area (Å²) in [7, 11) is 1.97. The van der Waals surface area contributed by atoms with Crippen LogP contribution in [0.2, 0.25) is 0 Å². The summed E-state index contributed by atoms with van der Waals surface area (Å²) in [6, 6.07) is 10.3. The van der Waals surface area contributed by atoms with Gasteiger partial charge in [-0.05, 0) is 55.0 Å². The Kier molecular flexibility index (Phi) is 7.89. The van der Waals surface area contributed by atoms with Crippen molar-refractivity contribution in [3.05, 3.63) is 66.2 Å². The fourth-order valence-corrected chi connectivity index (χ4v) is 3.91. The number of hydrogen-bond donors (Lipinski definition) is 1. The lowest BCUT2D eigenvalue weighted by atomic mass is 10.0. The molecule has 0 saturated carbocycles. The molecule has 3 heterocycles. The van der Waals surface area contributed by atoms with Crippen molar-refractivity contribution < 1.29 is 0 Å². The van der Waals surface area contributed by atoms with Gasteiger partial charge in [-0.1, -0.05) is 12.1 Å². The van der Waals surface area contributed by atoms with Gasteiger partial charge in [-0.2, -0.15) is 10.2 Å². The Morgan fingerprint density at radius 3 is 2.87 bits per heavy atom. The van der Waals surface area contributed by atoms with E-state index in [4.69, 9.17) is 4.99 Å². The van der Waals surface area contributed by atoms with Crippen LogP contribution in [0.25, 0.3) is 5.69 Å². The fraction of sp³-hybridized carbons (Fsp3) is 0.409. The van der Waals surface area contributed by atoms with Crippen molar-refractivity contribution in [2.45, 2.75) is 26.3 Å². The van der Waals surface area contributed by atoms with Crippen molar-refractivity contribution in [2.75, 3.05) is 19.6 Å². The maximum atomic E-state index is 4.92. The third-order valence-electron chi connectivity index (χ3n) is 5.29. The standard InChI is InChI=1S/C22H29N7.HI/c1-3-23-22(28-11-8-19(17-28)12-20-15-26-27(2)16-20)24-14-18-6-4-7-21(13-18)29-10-5-9-25-29;/h4-7,9-10,13,15-16,19H,3,8,11-12,14,17H2,1-2H3,(H,23,24);1H. The highest BCUT2D eigenvalue weighted by molar-refractivity contribution is 14.0. The van der Waals surface area contributed by atoms with Gasteiger partial charge in [0.25, 0.3) is 0 Å². The fourth-order valence-electron chi connectivity index (χ4n) is 3.91. The maximum Gasteiger partial charge on any atom is 0.194 e. The van der Waals surface area contributed by atoms with Crippen molar-refractivity contribution >= 4 is 29.9 Å². The molecule has 1 N–H and O–H groups in total. The zero-order chi connectivity index (χ0) is 20.1. The van der Waals surface area contributed by atoms with Crippen molar-refractivity contribution in [3.63, 3.8) is 0 Å². The number of hydrogen-bond acceptors (Lipinski definition) is 3. The molecule has 0 amide bonds. The van der Waals surface area contributed by atoms with E-state index < -0.39 is 0 Å². The Morgan fingerprint density at radius 2 is 2.13 bits per heavy atom. The van der Waals surface area contributed by atoms with Crippen molar-refractivity contribution in [1.82, 2.24) is 29.8 Å². The lowest BCUT2D eigenvalue weighted by molar-refractivity contribution is 0.460. The highest BCUT2D eigenvalue weighted by Gasteiger charge is 2.25. The van der Waals surface area contributed by atoms with Gasteiger partial charge in [0, 0.05) is 45.3 Å². The number of nitrogens with zero attached hydrogens (tertiary/aromatic N) is 6. The Morgan fingerprint density at radius 1 is 1.23 bits per heavy atom. The third-order valence-corrected chi connectivity index (χ3v) is 5.29. The molecule has 7 nitrogen and oxygen atoms in total. The van der Waals surface area contributed by atoms with Crippen LogP contribution in [0.15, 0.2) is 60.1 Å². The van der Waals surface area contributed by atoms with E-state index in [2.05, 4.69) is 57.8 Å². The normalized spacial score (nSPS) is 16.5. The van der Waals surface area contributed by atoms with Gasteiger partial charge in [0.15, 0.2) is 5.96 Å². The molecule has 0 radical (unpaired) electrons. The van der Waals surface area contributed by atoms with Crippen LogP contribution in [0, 0.1) is 5.92 Å². The topological polar surface area (TPSA) is 63.3 Å². The summed E-state index contributed by atoms with van der Waals surface area (Å²) in [5.74, 6) is 1.65. The second-order valence-corrected chi connectivity index (χ2v) is 7.62. The SMILES string of the molecule is CCNC(=NCc1cccc(-n2cccn2)c1)N1CCC(Cc2cnn(C)c2)C1.I. The molecular formula is C22H30IN7. The first-order valence-corrected chi connectivity index (χ1v) is 10.3. The van der Waals surface area contributed by atoms with Crippen LogP contribution < -0.4 is 5.32 Å². The number of aromatic nitrogens is 4. The van der Waals surface area contributed by atoms with Crippen LogP contribution in [-0.4, -0.2) is 50.1 Å². The van der Waals surface area contributed by atoms with E-state index in [1.165, 1.54) is 17.5 Å². The van der Waals surface area contributed by atoms with E-state index in [0.29, 0.717) is 12.5 Å². The first-order chi connectivity index (χ1) is 14.2. The summed E-state index contributed by atoms with van der Waals surface area (Å²) < 4.78 is 3.76. The Bertz CT molecular complexity index is 948. The molecule has 8 heteroatoms. The highest BCUT2D eigenvalue weighted by atomic mass is 127.